The first-order valence-electron chi connectivity index (χ1n) is 6.37. The molecule has 100 valence electrons. The summed E-state index contributed by atoms with van der Waals surface area (Å²) in [6, 6.07) is 2.41. The van der Waals surface area contributed by atoms with Crippen molar-refractivity contribution in [1.82, 2.24) is 15.5 Å². The Morgan fingerprint density at radius 1 is 1.67 bits per heavy atom. The maximum atomic E-state index is 11.9. The van der Waals surface area contributed by atoms with Crippen molar-refractivity contribution >= 4 is 17.2 Å². The molecular formula is C13H21N3OS. The largest absolute Gasteiger partial charge is 0.351 e. The standard InChI is InChI=1S/C13H21N3OS/c1-10-3-6-18-12(10)9-15-13(17)7-11-8-14-4-5-16(11)2/h3,6,11,14H,4-5,7-9H2,1-2H3,(H,15,17). The Hall–Kier alpha value is -0.910. The lowest BCUT2D eigenvalue weighted by Crippen LogP contribution is -2.50. The lowest BCUT2D eigenvalue weighted by molar-refractivity contribution is -0.122. The summed E-state index contributed by atoms with van der Waals surface area (Å²) in [4.78, 5) is 15.4. The molecule has 1 aromatic heterocycles. The number of hydrogen-bond donors (Lipinski definition) is 2. The van der Waals surface area contributed by atoms with E-state index in [-0.39, 0.29) is 5.91 Å². The van der Waals surface area contributed by atoms with E-state index < -0.39 is 0 Å². The zero-order chi connectivity index (χ0) is 13.0. The van der Waals surface area contributed by atoms with E-state index in [1.54, 1.807) is 11.3 Å². The van der Waals surface area contributed by atoms with Crippen molar-refractivity contribution in [1.29, 1.82) is 0 Å². The van der Waals surface area contributed by atoms with Gasteiger partial charge in [-0.25, -0.2) is 0 Å². The monoisotopic (exact) mass is 267 g/mol. The molecule has 1 aliphatic heterocycles. The lowest BCUT2D eigenvalue weighted by Gasteiger charge is -2.32. The molecule has 1 unspecified atom stereocenters. The molecule has 0 saturated carbocycles. The van der Waals surface area contributed by atoms with Crippen molar-refractivity contribution in [3.8, 4) is 0 Å². The first-order chi connectivity index (χ1) is 8.66. The number of nitrogens with zero attached hydrogens (tertiary/aromatic N) is 1. The van der Waals surface area contributed by atoms with Gasteiger partial charge in [-0.1, -0.05) is 0 Å². The van der Waals surface area contributed by atoms with Crippen LogP contribution in [0.1, 0.15) is 16.9 Å². The van der Waals surface area contributed by atoms with Crippen LogP contribution in [-0.2, 0) is 11.3 Å². The molecular weight excluding hydrogens is 246 g/mol. The van der Waals surface area contributed by atoms with Crippen molar-refractivity contribution in [3.05, 3.63) is 21.9 Å². The summed E-state index contributed by atoms with van der Waals surface area (Å²) >= 11 is 1.70. The van der Waals surface area contributed by atoms with E-state index >= 15 is 0 Å². The molecule has 0 spiro atoms. The molecule has 1 aliphatic rings. The Bertz CT molecular complexity index is 405. The highest BCUT2D eigenvalue weighted by molar-refractivity contribution is 7.10. The zero-order valence-corrected chi connectivity index (χ0v) is 11.8. The van der Waals surface area contributed by atoms with Crippen LogP contribution in [0.25, 0.3) is 0 Å². The maximum Gasteiger partial charge on any atom is 0.221 e. The molecule has 0 aromatic carbocycles. The van der Waals surface area contributed by atoms with E-state index in [2.05, 4.69) is 41.0 Å². The summed E-state index contributed by atoms with van der Waals surface area (Å²) < 4.78 is 0. The highest BCUT2D eigenvalue weighted by Gasteiger charge is 2.21. The average molecular weight is 267 g/mol. The van der Waals surface area contributed by atoms with E-state index in [9.17, 15) is 4.79 Å². The van der Waals surface area contributed by atoms with Crippen LogP contribution in [0.3, 0.4) is 0 Å². The molecule has 1 atom stereocenters. The van der Waals surface area contributed by atoms with Gasteiger partial charge in [0.05, 0.1) is 6.54 Å². The summed E-state index contributed by atoms with van der Waals surface area (Å²) in [6.45, 7) is 5.68. The quantitative estimate of drug-likeness (QED) is 0.854. The second-order valence-corrected chi connectivity index (χ2v) is 5.85. The third-order valence-electron chi connectivity index (χ3n) is 3.48. The van der Waals surface area contributed by atoms with Crippen LogP contribution in [-0.4, -0.2) is 43.5 Å². The molecule has 1 saturated heterocycles. The number of rotatable bonds is 4. The van der Waals surface area contributed by atoms with Crippen molar-refractivity contribution in [2.24, 2.45) is 0 Å². The van der Waals surface area contributed by atoms with Gasteiger partial charge in [-0.2, -0.15) is 0 Å². The number of carbonyl (C=O) groups is 1. The minimum absolute atomic E-state index is 0.142. The van der Waals surface area contributed by atoms with Crippen LogP contribution in [0.5, 0.6) is 0 Å². The smallest absolute Gasteiger partial charge is 0.221 e. The van der Waals surface area contributed by atoms with Crippen molar-refractivity contribution in [2.75, 3.05) is 26.7 Å². The fraction of sp³-hybridized carbons (Fsp3) is 0.615. The van der Waals surface area contributed by atoms with Crippen molar-refractivity contribution in [2.45, 2.75) is 25.9 Å². The van der Waals surface area contributed by atoms with E-state index in [0.29, 0.717) is 19.0 Å². The van der Waals surface area contributed by atoms with Crippen molar-refractivity contribution < 1.29 is 4.79 Å². The molecule has 0 bridgehead atoms. The number of amides is 1. The van der Waals surface area contributed by atoms with Crippen LogP contribution in [0.4, 0.5) is 0 Å². The Morgan fingerprint density at radius 3 is 3.17 bits per heavy atom. The second kappa shape index (κ2) is 6.31. The normalized spacial score (nSPS) is 20.9. The topological polar surface area (TPSA) is 44.4 Å². The van der Waals surface area contributed by atoms with Crippen LogP contribution in [0, 0.1) is 6.92 Å². The summed E-state index contributed by atoms with van der Waals surface area (Å²) in [5, 5.41) is 8.41. The maximum absolute atomic E-state index is 11.9. The van der Waals surface area contributed by atoms with E-state index in [1.165, 1.54) is 10.4 Å². The molecule has 2 rings (SSSR count). The minimum Gasteiger partial charge on any atom is -0.351 e. The highest BCUT2D eigenvalue weighted by atomic mass is 32.1. The predicted molar refractivity (Wildman–Crippen MR) is 74.8 cm³/mol. The first-order valence-corrected chi connectivity index (χ1v) is 7.25. The van der Waals surface area contributed by atoms with Gasteiger partial charge in [0.25, 0.3) is 0 Å². The van der Waals surface area contributed by atoms with Gasteiger partial charge in [0.1, 0.15) is 0 Å². The Morgan fingerprint density at radius 2 is 2.50 bits per heavy atom. The predicted octanol–water partition coefficient (Wildman–Crippen LogP) is 0.966. The number of hydrogen-bond acceptors (Lipinski definition) is 4. The van der Waals surface area contributed by atoms with Gasteiger partial charge in [0, 0.05) is 37.0 Å². The zero-order valence-electron chi connectivity index (χ0n) is 11.0. The van der Waals surface area contributed by atoms with Crippen LogP contribution in [0.2, 0.25) is 0 Å². The molecule has 0 aliphatic carbocycles. The molecule has 5 heteroatoms. The lowest BCUT2D eigenvalue weighted by atomic mass is 10.1. The number of carbonyl (C=O) groups excluding carboxylic acids is 1. The highest BCUT2D eigenvalue weighted by Crippen LogP contribution is 2.15. The molecule has 2 N–H and O–H groups in total. The number of piperazine rings is 1. The van der Waals surface area contributed by atoms with Gasteiger partial charge in [-0.15, -0.1) is 11.3 Å². The summed E-state index contributed by atoms with van der Waals surface area (Å²) in [5.41, 5.74) is 1.26. The average Bonchev–Trinajstić information content (AvgIpc) is 2.75. The molecule has 2 heterocycles. The summed E-state index contributed by atoms with van der Waals surface area (Å²) in [6.07, 6.45) is 0.577. The molecule has 4 nitrogen and oxygen atoms in total. The van der Waals surface area contributed by atoms with Gasteiger partial charge in [0.2, 0.25) is 5.91 Å². The fourth-order valence-electron chi connectivity index (χ4n) is 2.14. The van der Waals surface area contributed by atoms with Gasteiger partial charge in [0.15, 0.2) is 0 Å². The molecule has 18 heavy (non-hydrogen) atoms. The van der Waals surface area contributed by atoms with E-state index in [1.807, 2.05) is 0 Å². The number of nitrogens with one attached hydrogen (secondary N) is 2. The van der Waals surface area contributed by atoms with Crippen LogP contribution < -0.4 is 10.6 Å². The van der Waals surface area contributed by atoms with E-state index in [0.717, 1.165) is 19.6 Å². The Labute approximate surface area is 112 Å². The summed E-state index contributed by atoms with van der Waals surface area (Å²) in [7, 11) is 2.09. The Balaban J connectivity index is 1.76. The SMILES string of the molecule is Cc1ccsc1CNC(=O)CC1CNCCN1C. The van der Waals surface area contributed by atoms with Crippen LogP contribution in [0.15, 0.2) is 11.4 Å². The van der Waals surface area contributed by atoms with Gasteiger partial charge >= 0.3 is 0 Å². The number of aryl methyl sites for hydroxylation is 1. The Kier molecular flexibility index (Phi) is 4.74. The number of likely N-dealkylation sites (N-methyl/N-ethyl adjacent to an activating group) is 1. The summed E-state index contributed by atoms with van der Waals surface area (Å²) in [5.74, 6) is 0.142. The molecule has 1 aromatic rings. The molecule has 1 amide bonds. The first kappa shape index (κ1) is 13.5. The molecule has 1 fully saturated rings. The minimum atomic E-state index is 0.142. The van der Waals surface area contributed by atoms with Gasteiger partial charge in [-0.05, 0) is 31.0 Å². The third kappa shape index (κ3) is 3.54. The van der Waals surface area contributed by atoms with Gasteiger partial charge in [-0.3, -0.25) is 4.79 Å². The molecule has 0 radical (unpaired) electrons. The van der Waals surface area contributed by atoms with Gasteiger partial charge < -0.3 is 15.5 Å². The van der Waals surface area contributed by atoms with Crippen LogP contribution >= 0.6 is 11.3 Å². The number of thiophene rings is 1. The fourth-order valence-corrected chi connectivity index (χ4v) is 2.99. The van der Waals surface area contributed by atoms with E-state index in [4.69, 9.17) is 0 Å². The van der Waals surface area contributed by atoms with Crippen molar-refractivity contribution in [3.63, 3.8) is 0 Å². The second-order valence-electron chi connectivity index (χ2n) is 4.85. The third-order valence-corrected chi connectivity index (χ3v) is 4.50.